The van der Waals surface area contributed by atoms with Crippen LogP contribution in [0.25, 0.3) is 11.3 Å². The van der Waals surface area contributed by atoms with E-state index in [-0.39, 0.29) is 17.9 Å². The van der Waals surface area contributed by atoms with E-state index in [1.54, 1.807) is 0 Å². The maximum atomic E-state index is 12.1. The van der Waals surface area contributed by atoms with Gasteiger partial charge in [-0.25, -0.2) is 4.98 Å². The van der Waals surface area contributed by atoms with E-state index in [1.807, 2.05) is 17.5 Å². The lowest BCUT2D eigenvalue weighted by molar-refractivity contribution is -0.124. The van der Waals surface area contributed by atoms with E-state index in [1.165, 1.54) is 11.3 Å². The smallest absolute Gasteiger partial charge is 0.255 e. The summed E-state index contributed by atoms with van der Waals surface area (Å²) < 4.78 is 5.38. The fraction of sp³-hybridized carbons (Fsp3) is 0.353. The van der Waals surface area contributed by atoms with Crippen LogP contribution in [-0.4, -0.2) is 29.5 Å². The highest BCUT2D eigenvalue weighted by molar-refractivity contribution is 7.14. The molecule has 1 aromatic carbocycles. The Morgan fingerprint density at radius 1 is 1.38 bits per heavy atom. The Hall–Kier alpha value is -2.25. The van der Waals surface area contributed by atoms with E-state index in [4.69, 9.17) is 4.74 Å². The monoisotopic (exact) mass is 343 g/mol. The molecule has 124 valence electrons. The molecule has 2 aliphatic heterocycles. The molecule has 2 amide bonds. The van der Waals surface area contributed by atoms with Crippen molar-refractivity contribution < 1.29 is 14.3 Å². The highest BCUT2D eigenvalue weighted by atomic mass is 32.1. The molecule has 6 nitrogen and oxygen atoms in total. The third-order valence-corrected chi connectivity index (χ3v) is 5.01. The molecule has 2 aliphatic rings. The normalized spacial score (nSPS) is 19.7. The van der Waals surface area contributed by atoms with Gasteiger partial charge in [-0.2, -0.15) is 0 Å². The van der Waals surface area contributed by atoms with E-state index in [2.05, 4.69) is 21.7 Å². The average Bonchev–Trinajstić information content (AvgIpc) is 3.26. The fourth-order valence-corrected chi connectivity index (χ4v) is 3.70. The van der Waals surface area contributed by atoms with Crippen LogP contribution in [0.15, 0.2) is 23.6 Å². The van der Waals surface area contributed by atoms with E-state index < -0.39 is 0 Å². The van der Waals surface area contributed by atoms with Gasteiger partial charge in [0.05, 0.1) is 5.69 Å². The third kappa shape index (κ3) is 3.05. The molecule has 0 saturated carbocycles. The number of aryl methyl sites for hydroxylation is 1. The summed E-state index contributed by atoms with van der Waals surface area (Å²) in [5, 5.41) is 8.21. The van der Waals surface area contributed by atoms with Crippen molar-refractivity contribution in [1.82, 2.24) is 4.98 Å². The first kappa shape index (κ1) is 15.3. The standard InChI is InChI=1S/C17H17N3O3S/c21-15-6-4-10-8-11(3-5-12(10)18-15)13-9-24-17(19-13)20-16(22)14-2-1-7-23-14/h3,5,8-9,14H,1-2,4,6-7H2,(H,18,21)(H,19,20,22). The molecule has 24 heavy (non-hydrogen) atoms. The molecule has 0 radical (unpaired) electrons. The SMILES string of the molecule is O=C1CCc2cc(-c3csc(NC(=O)C4CCCO4)n3)ccc2N1. The Labute approximate surface area is 143 Å². The molecule has 3 heterocycles. The van der Waals surface area contributed by atoms with Crippen molar-refractivity contribution in [1.29, 1.82) is 0 Å². The van der Waals surface area contributed by atoms with Crippen LogP contribution in [0, 0.1) is 0 Å². The molecule has 2 N–H and O–H groups in total. The van der Waals surface area contributed by atoms with E-state index >= 15 is 0 Å². The van der Waals surface area contributed by atoms with Gasteiger partial charge in [0, 0.05) is 29.7 Å². The van der Waals surface area contributed by atoms with Crippen LogP contribution in [-0.2, 0) is 20.7 Å². The number of fused-ring (bicyclic) bond motifs is 1. The Morgan fingerprint density at radius 2 is 2.29 bits per heavy atom. The maximum Gasteiger partial charge on any atom is 0.255 e. The molecule has 7 heteroatoms. The minimum atomic E-state index is -0.357. The van der Waals surface area contributed by atoms with Gasteiger partial charge in [-0.3, -0.25) is 14.9 Å². The van der Waals surface area contributed by atoms with Gasteiger partial charge in [-0.05, 0) is 37.0 Å². The van der Waals surface area contributed by atoms with Crippen molar-refractivity contribution in [2.45, 2.75) is 31.8 Å². The Morgan fingerprint density at radius 3 is 3.12 bits per heavy atom. The molecule has 1 aromatic heterocycles. The second kappa shape index (κ2) is 6.33. The summed E-state index contributed by atoms with van der Waals surface area (Å²) in [6, 6.07) is 5.90. The van der Waals surface area contributed by atoms with Crippen LogP contribution in [0.4, 0.5) is 10.8 Å². The number of carbonyl (C=O) groups excluding carboxylic acids is 2. The molecule has 1 unspecified atom stereocenters. The Kier molecular flexibility index (Phi) is 4.03. The molecular weight excluding hydrogens is 326 g/mol. The minimum absolute atomic E-state index is 0.0584. The molecule has 0 aliphatic carbocycles. The van der Waals surface area contributed by atoms with Crippen LogP contribution < -0.4 is 10.6 Å². The molecule has 1 saturated heterocycles. The van der Waals surface area contributed by atoms with Crippen molar-refractivity contribution in [2.75, 3.05) is 17.2 Å². The number of carbonyl (C=O) groups is 2. The number of thiazole rings is 1. The second-order valence-corrected chi connectivity index (χ2v) is 6.81. The van der Waals surface area contributed by atoms with Gasteiger partial charge >= 0.3 is 0 Å². The number of hydrogen-bond donors (Lipinski definition) is 2. The number of ether oxygens (including phenoxy) is 1. The zero-order valence-electron chi connectivity index (χ0n) is 13.0. The van der Waals surface area contributed by atoms with Crippen LogP contribution in [0.5, 0.6) is 0 Å². The number of amides is 2. The maximum absolute atomic E-state index is 12.1. The number of nitrogens with zero attached hydrogens (tertiary/aromatic N) is 1. The van der Waals surface area contributed by atoms with E-state index in [0.717, 1.165) is 41.8 Å². The van der Waals surface area contributed by atoms with Gasteiger partial charge in [0.1, 0.15) is 6.10 Å². The Balaban J connectivity index is 1.50. The summed E-state index contributed by atoms with van der Waals surface area (Å²) in [5.74, 6) is -0.0652. The molecule has 1 fully saturated rings. The molecule has 2 aromatic rings. The highest BCUT2D eigenvalue weighted by Gasteiger charge is 2.24. The summed E-state index contributed by atoms with van der Waals surface area (Å²) in [5.41, 5.74) is 3.79. The zero-order chi connectivity index (χ0) is 16.5. The first-order valence-electron chi connectivity index (χ1n) is 8.00. The lowest BCUT2D eigenvalue weighted by atomic mass is 9.99. The second-order valence-electron chi connectivity index (χ2n) is 5.95. The first-order chi connectivity index (χ1) is 11.7. The van der Waals surface area contributed by atoms with Crippen LogP contribution in [0.3, 0.4) is 0 Å². The predicted molar refractivity (Wildman–Crippen MR) is 92.1 cm³/mol. The quantitative estimate of drug-likeness (QED) is 0.898. The lowest BCUT2D eigenvalue weighted by Gasteiger charge is -2.17. The molecule has 0 spiro atoms. The van der Waals surface area contributed by atoms with Gasteiger partial charge in [0.15, 0.2) is 5.13 Å². The fourth-order valence-electron chi connectivity index (χ4n) is 2.98. The molecule has 4 rings (SSSR count). The number of nitrogens with one attached hydrogen (secondary N) is 2. The van der Waals surface area contributed by atoms with Gasteiger partial charge in [-0.1, -0.05) is 6.07 Å². The van der Waals surface area contributed by atoms with E-state index in [0.29, 0.717) is 18.2 Å². The summed E-state index contributed by atoms with van der Waals surface area (Å²) >= 11 is 1.40. The Bertz CT molecular complexity index is 796. The van der Waals surface area contributed by atoms with Crippen molar-refractivity contribution in [3.63, 3.8) is 0 Å². The number of benzene rings is 1. The zero-order valence-corrected chi connectivity index (χ0v) is 13.8. The summed E-state index contributed by atoms with van der Waals surface area (Å²) in [6.45, 7) is 0.646. The topological polar surface area (TPSA) is 80.3 Å². The van der Waals surface area contributed by atoms with Gasteiger partial charge < -0.3 is 10.1 Å². The number of aromatic nitrogens is 1. The summed E-state index contributed by atoms with van der Waals surface area (Å²) in [6.07, 6.45) is 2.58. The molecular formula is C17H17N3O3S. The minimum Gasteiger partial charge on any atom is -0.368 e. The number of rotatable bonds is 3. The largest absolute Gasteiger partial charge is 0.368 e. The molecule has 1 atom stereocenters. The highest BCUT2D eigenvalue weighted by Crippen LogP contribution is 2.30. The van der Waals surface area contributed by atoms with Crippen molar-refractivity contribution >= 4 is 34.0 Å². The van der Waals surface area contributed by atoms with Crippen LogP contribution >= 0.6 is 11.3 Å². The first-order valence-corrected chi connectivity index (χ1v) is 8.88. The van der Waals surface area contributed by atoms with Crippen molar-refractivity contribution in [3.05, 3.63) is 29.1 Å². The van der Waals surface area contributed by atoms with Crippen LogP contribution in [0.1, 0.15) is 24.8 Å². The molecule has 0 bridgehead atoms. The van der Waals surface area contributed by atoms with Gasteiger partial charge in [0.2, 0.25) is 5.91 Å². The van der Waals surface area contributed by atoms with E-state index in [9.17, 15) is 9.59 Å². The average molecular weight is 343 g/mol. The summed E-state index contributed by atoms with van der Waals surface area (Å²) in [7, 11) is 0. The summed E-state index contributed by atoms with van der Waals surface area (Å²) in [4.78, 5) is 28.0. The van der Waals surface area contributed by atoms with Crippen molar-refractivity contribution in [3.8, 4) is 11.3 Å². The number of anilines is 2. The predicted octanol–water partition coefficient (Wildman–Crippen LogP) is 2.81. The van der Waals surface area contributed by atoms with Crippen molar-refractivity contribution in [2.24, 2.45) is 0 Å². The van der Waals surface area contributed by atoms with Gasteiger partial charge in [-0.15, -0.1) is 11.3 Å². The lowest BCUT2D eigenvalue weighted by Crippen LogP contribution is -2.26. The van der Waals surface area contributed by atoms with Gasteiger partial charge in [0.25, 0.3) is 5.91 Å². The third-order valence-electron chi connectivity index (χ3n) is 4.25. The van der Waals surface area contributed by atoms with Crippen LogP contribution in [0.2, 0.25) is 0 Å². The number of hydrogen-bond acceptors (Lipinski definition) is 5.